The topological polar surface area (TPSA) is 189 Å². The summed E-state index contributed by atoms with van der Waals surface area (Å²) in [6.07, 6.45) is 5.29. The highest BCUT2D eigenvalue weighted by atomic mass is 16.7. The first kappa shape index (κ1) is 49.8. The minimum Gasteiger partial charge on any atom is -0.481 e. The van der Waals surface area contributed by atoms with Gasteiger partial charge in [0.2, 0.25) is 0 Å². The number of carboxylic acids is 1. The van der Waals surface area contributed by atoms with Crippen LogP contribution in [0.2, 0.25) is 0 Å². The highest BCUT2D eigenvalue weighted by Crippen LogP contribution is 2.49. The van der Waals surface area contributed by atoms with Gasteiger partial charge in [-0.1, -0.05) is 61.5 Å². The summed E-state index contributed by atoms with van der Waals surface area (Å²) in [4.78, 5) is 39.7. The Morgan fingerprint density at radius 1 is 0.885 bits per heavy atom. The maximum absolute atomic E-state index is 14.6. The number of rotatable bonds is 17. The monoisotopic (exact) mass is 866 g/mol. The Morgan fingerprint density at radius 3 is 2.21 bits per heavy atom. The summed E-state index contributed by atoms with van der Waals surface area (Å²) in [6, 6.07) is -0.620. The van der Waals surface area contributed by atoms with E-state index in [1.165, 1.54) is 7.11 Å². The fraction of sp³-hybridized carbons (Fsp3) is 0.894. The van der Waals surface area contributed by atoms with Crippen LogP contribution in [0.15, 0.2) is 12.2 Å². The van der Waals surface area contributed by atoms with Gasteiger partial charge in [0.15, 0.2) is 5.79 Å². The lowest BCUT2D eigenvalue weighted by Crippen LogP contribution is -2.62. The van der Waals surface area contributed by atoms with Crippen molar-refractivity contribution in [3.63, 3.8) is 0 Å². The first-order valence-corrected chi connectivity index (χ1v) is 23.4. The van der Waals surface area contributed by atoms with Gasteiger partial charge in [0, 0.05) is 30.8 Å². The molecule has 0 aromatic carbocycles. The van der Waals surface area contributed by atoms with Crippen LogP contribution in [-0.4, -0.2) is 125 Å². The van der Waals surface area contributed by atoms with E-state index in [4.69, 9.17) is 33.2 Å². The number of nitrogens with one attached hydrogen (secondary N) is 1. The van der Waals surface area contributed by atoms with E-state index in [9.17, 15) is 29.7 Å². The van der Waals surface area contributed by atoms with Gasteiger partial charge in [-0.15, -0.1) is 0 Å². The van der Waals surface area contributed by atoms with Gasteiger partial charge < -0.3 is 53.8 Å². The first-order chi connectivity index (χ1) is 28.8. The van der Waals surface area contributed by atoms with Crippen molar-refractivity contribution in [2.24, 2.45) is 41.4 Å². The molecule has 350 valence electrons. The minimum absolute atomic E-state index is 0.0129. The summed E-state index contributed by atoms with van der Waals surface area (Å²) in [6.45, 7) is 20.0. The van der Waals surface area contributed by atoms with Crippen molar-refractivity contribution in [1.82, 2.24) is 5.32 Å². The maximum Gasteiger partial charge on any atom is 0.407 e. The number of ketones is 1. The molecular weight excluding hydrogens is 787 g/mol. The predicted octanol–water partition coefficient (Wildman–Crippen LogP) is 6.61. The van der Waals surface area contributed by atoms with Crippen LogP contribution in [0.25, 0.3) is 0 Å². The van der Waals surface area contributed by atoms with Gasteiger partial charge >= 0.3 is 12.1 Å². The summed E-state index contributed by atoms with van der Waals surface area (Å²) in [7, 11) is 1.54. The Bertz CT molecular complexity index is 1510. The predicted molar refractivity (Wildman–Crippen MR) is 228 cm³/mol. The Balaban J connectivity index is 1.35. The molecule has 5 rings (SSSR count). The Hall–Kier alpha value is -2.17. The lowest BCUT2D eigenvalue weighted by Gasteiger charge is -2.52. The van der Waals surface area contributed by atoms with Crippen molar-refractivity contribution in [2.45, 2.75) is 205 Å². The molecule has 0 aromatic rings. The fourth-order valence-electron chi connectivity index (χ4n) is 11.2. The number of hydrogen-bond acceptors (Lipinski definition) is 12. The maximum atomic E-state index is 14.6. The Labute approximate surface area is 364 Å². The number of aliphatic carboxylic acids is 1. The van der Waals surface area contributed by atoms with Crippen LogP contribution in [0.1, 0.15) is 133 Å². The molecule has 19 atom stereocenters. The number of carbonyl (C=O) groups excluding carboxylic acids is 2. The molecule has 2 unspecified atom stereocenters. The second kappa shape index (κ2) is 20.8. The smallest absolute Gasteiger partial charge is 0.407 e. The first-order valence-electron chi connectivity index (χ1n) is 23.4. The molecule has 4 saturated heterocycles. The van der Waals surface area contributed by atoms with E-state index < -0.39 is 95.4 Å². The van der Waals surface area contributed by atoms with E-state index in [1.54, 1.807) is 6.92 Å². The van der Waals surface area contributed by atoms with Gasteiger partial charge in [-0.05, 0) is 96.0 Å². The number of hydrogen-bond donors (Lipinski definition) is 4. The number of Topliss-reactive ketones (excluding diaryl/α,β-unsaturated/α-hetero) is 1. The third kappa shape index (κ3) is 10.7. The van der Waals surface area contributed by atoms with Crippen molar-refractivity contribution in [1.29, 1.82) is 0 Å². The van der Waals surface area contributed by atoms with E-state index in [0.717, 1.165) is 6.42 Å². The lowest BCUT2D eigenvalue weighted by molar-refractivity contribution is -0.327. The molecule has 1 amide bonds. The average molecular weight is 866 g/mol. The Kier molecular flexibility index (Phi) is 17.0. The largest absolute Gasteiger partial charge is 0.481 e. The molecule has 5 heterocycles. The number of carboxylic acid groups (broad SMARTS) is 1. The number of aliphatic hydroxyl groups excluding tert-OH is 1. The molecule has 0 bridgehead atoms. The number of methoxy groups -OCH3 is 1. The van der Waals surface area contributed by atoms with Crippen molar-refractivity contribution in [3.8, 4) is 0 Å². The van der Waals surface area contributed by atoms with Gasteiger partial charge in [-0.2, -0.15) is 0 Å². The summed E-state index contributed by atoms with van der Waals surface area (Å²) >= 11 is 0. The van der Waals surface area contributed by atoms with Gasteiger partial charge in [-0.3, -0.25) is 9.59 Å². The third-order valence-corrected chi connectivity index (χ3v) is 15.5. The van der Waals surface area contributed by atoms with Crippen molar-refractivity contribution in [2.75, 3.05) is 20.3 Å². The van der Waals surface area contributed by atoms with Crippen LogP contribution in [0.3, 0.4) is 0 Å². The number of alkyl carbamates (subject to hydrolysis) is 1. The quantitative estimate of drug-likeness (QED) is 0.0905. The van der Waals surface area contributed by atoms with Crippen LogP contribution < -0.4 is 5.32 Å². The molecule has 14 heteroatoms. The molecule has 14 nitrogen and oxygen atoms in total. The molecule has 1 spiro atoms. The molecule has 0 saturated carbocycles. The average Bonchev–Trinajstić information content (AvgIpc) is 3.64. The summed E-state index contributed by atoms with van der Waals surface area (Å²) in [5.74, 6) is -4.58. The summed E-state index contributed by atoms with van der Waals surface area (Å²) in [5, 5.41) is 35.8. The minimum atomic E-state index is -1.24. The second-order valence-electron chi connectivity index (χ2n) is 19.5. The van der Waals surface area contributed by atoms with Crippen LogP contribution in [0, 0.1) is 41.4 Å². The van der Waals surface area contributed by atoms with Crippen LogP contribution in [0.4, 0.5) is 4.79 Å². The van der Waals surface area contributed by atoms with E-state index >= 15 is 0 Å². The fourth-order valence-corrected chi connectivity index (χ4v) is 11.2. The third-order valence-electron chi connectivity index (χ3n) is 15.5. The summed E-state index contributed by atoms with van der Waals surface area (Å²) in [5.41, 5.74) is -1.54. The number of aliphatic hydroxyl groups is 2. The van der Waals surface area contributed by atoms with E-state index in [0.29, 0.717) is 57.8 Å². The highest BCUT2D eigenvalue weighted by Gasteiger charge is 2.57. The zero-order chi connectivity index (χ0) is 45.0. The summed E-state index contributed by atoms with van der Waals surface area (Å²) < 4.78 is 44.5. The zero-order valence-corrected chi connectivity index (χ0v) is 38.8. The number of carbonyl (C=O) groups is 3. The standard InChI is InChI=1S/C47H79NO13/c1-12-32(43(51)52)35-16-15-26(4)40(58-35)30(8)38(49)29(7)39(50)33(13-2)41-27(5)25-28(6)47(60-41)22-17-34(48-44(53)56-24-23-55-11)42(61-47)36-18-20-45(10,59-36)37-19-21-46(54,14-3)31(9)57-37/h17,22,26-38,40-42,49,54H,12-16,18-21,23-25H2,1-11H3,(H,48,53)(H,51,52)/t26-,27-,28+,29-,30-,31-,32+,33-,34+,35+,36?,37+,38+,40+,41-,42?,45-,46+,47-/m0/s1. The molecule has 4 fully saturated rings. The molecule has 0 aromatic heterocycles. The highest BCUT2D eigenvalue weighted by molar-refractivity contribution is 5.84. The lowest BCUT2D eigenvalue weighted by atomic mass is 9.72. The van der Waals surface area contributed by atoms with Crippen molar-refractivity contribution >= 4 is 17.8 Å². The number of amides is 1. The van der Waals surface area contributed by atoms with Gasteiger partial charge in [0.25, 0.3) is 0 Å². The van der Waals surface area contributed by atoms with E-state index in [2.05, 4.69) is 33.0 Å². The normalized spacial score (nSPS) is 41.7. The van der Waals surface area contributed by atoms with Crippen molar-refractivity contribution in [3.05, 3.63) is 12.2 Å². The number of ether oxygens (including phenoxy) is 7. The van der Waals surface area contributed by atoms with Crippen LogP contribution in [-0.2, 0) is 42.7 Å². The van der Waals surface area contributed by atoms with Crippen LogP contribution in [0.5, 0.6) is 0 Å². The molecular formula is C47H79NO13. The van der Waals surface area contributed by atoms with Gasteiger partial charge in [0.05, 0.1) is 72.5 Å². The molecule has 61 heavy (non-hydrogen) atoms. The molecule has 4 N–H and O–H groups in total. The second-order valence-corrected chi connectivity index (χ2v) is 19.5. The molecule has 5 aliphatic rings. The van der Waals surface area contributed by atoms with Gasteiger partial charge in [0.1, 0.15) is 18.5 Å². The molecule has 0 aliphatic carbocycles. The van der Waals surface area contributed by atoms with Gasteiger partial charge in [-0.25, -0.2) is 4.79 Å². The SMILES string of the molecule is CC[C@@H](C(=O)[C@@H](C)[C@@H](O)[C@H](C)[C@@H]1O[C@@H]([C@@H](CC)C(=O)O)CC[C@@H]1C)[C@H]1O[C@]2(C=C[C@@H](NC(=O)OCCOC)C(C3CC[C@@](C)([C@H]4CC[C@](O)(CC)[C@H](C)O4)O3)O2)[C@H](C)C[C@@H]1C. The molecule has 0 radical (unpaired) electrons. The van der Waals surface area contributed by atoms with E-state index in [-0.39, 0.29) is 49.0 Å². The van der Waals surface area contributed by atoms with Crippen LogP contribution >= 0.6 is 0 Å². The Morgan fingerprint density at radius 2 is 1.59 bits per heavy atom. The zero-order valence-electron chi connectivity index (χ0n) is 38.8. The molecule has 5 aliphatic heterocycles. The van der Waals surface area contributed by atoms with E-state index in [1.807, 2.05) is 46.8 Å². The van der Waals surface area contributed by atoms with Crippen molar-refractivity contribution < 1.29 is 62.9 Å².